The van der Waals surface area contributed by atoms with Crippen LogP contribution in [0.2, 0.25) is 0 Å². The molecule has 1 saturated carbocycles. The van der Waals surface area contributed by atoms with Crippen LogP contribution in [-0.4, -0.2) is 20.3 Å². The molecule has 2 aromatic heterocycles. The van der Waals surface area contributed by atoms with Gasteiger partial charge in [-0.25, -0.2) is 4.68 Å². The smallest absolute Gasteiger partial charge is 0.279 e. The molecule has 1 aliphatic carbocycles. The van der Waals surface area contributed by atoms with Crippen LogP contribution in [0.3, 0.4) is 0 Å². The van der Waals surface area contributed by atoms with Crippen molar-refractivity contribution in [1.29, 1.82) is 0 Å². The van der Waals surface area contributed by atoms with Crippen LogP contribution in [0.4, 0.5) is 0 Å². The minimum atomic E-state index is -0.214. The SMILES string of the molecule is O=C(NCc1ccccn1)c1ccc2c(c1)c(=O)n(-c1ccccc1)n2C1CCCCC1. The van der Waals surface area contributed by atoms with Crippen molar-refractivity contribution >= 4 is 16.8 Å². The van der Waals surface area contributed by atoms with E-state index in [1.807, 2.05) is 60.7 Å². The molecule has 6 heteroatoms. The molecule has 0 spiro atoms. The number of carbonyl (C=O) groups is 1. The molecule has 0 atom stereocenters. The summed E-state index contributed by atoms with van der Waals surface area (Å²) < 4.78 is 3.94. The normalized spacial score (nSPS) is 14.5. The Morgan fingerprint density at radius 3 is 2.50 bits per heavy atom. The van der Waals surface area contributed by atoms with Gasteiger partial charge in [0.15, 0.2) is 0 Å². The average Bonchev–Trinajstić information content (AvgIpc) is 3.16. The topological polar surface area (TPSA) is 68.9 Å². The monoisotopic (exact) mass is 426 g/mol. The van der Waals surface area contributed by atoms with Crippen molar-refractivity contribution in [1.82, 2.24) is 19.7 Å². The van der Waals surface area contributed by atoms with Crippen molar-refractivity contribution in [3.05, 3.63) is 94.5 Å². The van der Waals surface area contributed by atoms with Gasteiger partial charge in [-0.15, -0.1) is 0 Å². The van der Waals surface area contributed by atoms with E-state index in [1.165, 1.54) is 19.3 Å². The van der Waals surface area contributed by atoms with E-state index in [4.69, 9.17) is 0 Å². The number of hydrogen-bond acceptors (Lipinski definition) is 3. The number of nitrogens with one attached hydrogen (secondary N) is 1. The van der Waals surface area contributed by atoms with Gasteiger partial charge in [0.25, 0.3) is 11.5 Å². The second-order valence-corrected chi connectivity index (χ2v) is 8.32. The molecule has 0 saturated heterocycles. The summed E-state index contributed by atoms with van der Waals surface area (Å²) >= 11 is 0. The largest absolute Gasteiger partial charge is 0.346 e. The highest BCUT2D eigenvalue weighted by atomic mass is 16.2. The molecule has 1 N–H and O–H groups in total. The van der Waals surface area contributed by atoms with Crippen LogP contribution in [0.25, 0.3) is 16.6 Å². The molecule has 5 rings (SSSR count). The quantitative estimate of drug-likeness (QED) is 0.506. The summed E-state index contributed by atoms with van der Waals surface area (Å²) in [6, 6.07) is 21.1. The second kappa shape index (κ2) is 8.83. The zero-order valence-corrected chi connectivity index (χ0v) is 17.9. The first-order chi connectivity index (χ1) is 15.7. The van der Waals surface area contributed by atoms with Crippen molar-refractivity contribution in [2.24, 2.45) is 0 Å². The number of pyridine rings is 1. The van der Waals surface area contributed by atoms with Crippen LogP contribution in [0, 0.1) is 0 Å². The second-order valence-electron chi connectivity index (χ2n) is 8.32. The van der Waals surface area contributed by atoms with Crippen molar-refractivity contribution in [3.63, 3.8) is 0 Å². The van der Waals surface area contributed by atoms with E-state index in [2.05, 4.69) is 15.0 Å². The molecule has 0 bridgehead atoms. The van der Waals surface area contributed by atoms with Crippen LogP contribution < -0.4 is 10.9 Å². The summed E-state index contributed by atoms with van der Waals surface area (Å²) in [7, 11) is 0. The standard InChI is InChI=1S/C26H26N4O2/c31-25(28-18-20-9-7-8-16-27-20)19-14-15-24-23(17-19)26(32)30(22-12-5-2-6-13-22)29(24)21-10-3-1-4-11-21/h2,5-9,12-17,21H,1,3-4,10-11,18H2,(H,28,31). The van der Waals surface area contributed by atoms with E-state index in [0.29, 0.717) is 17.5 Å². The minimum absolute atomic E-state index is 0.0869. The number of nitrogens with zero attached hydrogens (tertiary/aromatic N) is 3. The van der Waals surface area contributed by atoms with Gasteiger partial charge in [0.05, 0.1) is 34.9 Å². The Labute approximate surface area is 186 Å². The Kier molecular flexibility index (Phi) is 5.58. The van der Waals surface area contributed by atoms with Gasteiger partial charge in [-0.2, -0.15) is 0 Å². The van der Waals surface area contributed by atoms with Crippen LogP contribution >= 0.6 is 0 Å². The van der Waals surface area contributed by atoms with Crippen molar-refractivity contribution in [2.75, 3.05) is 0 Å². The summed E-state index contributed by atoms with van der Waals surface area (Å²) in [5.74, 6) is -0.214. The van der Waals surface area contributed by atoms with Gasteiger partial charge in [0.2, 0.25) is 0 Å². The highest BCUT2D eigenvalue weighted by Crippen LogP contribution is 2.31. The van der Waals surface area contributed by atoms with Crippen LogP contribution in [-0.2, 0) is 6.54 Å². The Hall–Kier alpha value is -3.67. The zero-order chi connectivity index (χ0) is 21.9. The minimum Gasteiger partial charge on any atom is -0.346 e. The van der Waals surface area contributed by atoms with Gasteiger partial charge in [0.1, 0.15) is 0 Å². The molecule has 162 valence electrons. The number of rotatable bonds is 5. The first-order valence-electron chi connectivity index (χ1n) is 11.2. The number of para-hydroxylation sites is 1. The van der Waals surface area contributed by atoms with Gasteiger partial charge >= 0.3 is 0 Å². The van der Waals surface area contributed by atoms with Gasteiger partial charge < -0.3 is 5.32 Å². The van der Waals surface area contributed by atoms with Crippen molar-refractivity contribution < 1.29 is 4.79 Å². The Bertz CT molecular complexity index is 1290. The molecular weight excluding hydrogens is 400 g/mol. The molecule has 0 radical (unpaired) electrons. The summed E-state index contributed by atoms with van der Waals surface area (Å²) in [4.78, 5) is 30.6. The summed E-state index contributed by atoms with van der Waals surface area (Å²) in [5.41, 5.74) is 2.91. The van der Waals surface area contributed by atoms with E-state index in [-0.39, 0.29) is 17.5 Å². The first kappa shape index (κ1) is 20.2. The van der Waals surface area contributed by atoms with E-state index in [9.17, 15) is 9.59 Å². The number of fused-ring (bicyclic) bond motifs is 1. The van der Waals surface area contributed by atoms with Crippen molar-refractivity contribution in [2.45, 2.75) is 44.7 Å². The lowest BCUT2D eigenvalue weighted by Crippen LogP contribution is -2.25. The Morgan fingerprint density at radius 2 is 1.75 bits per heavy atom. The molecule has 6 nitrogen and oxygen atoms in total. The highest BCUT2D eigenvalue weighted by molar-refractivity contribution is 5.98. The molecule has 1 amide bonds. The molecule has 32 heavy (non-hydrogen) atoms. The molecule has 0 aliphatic heterocycles. The van der Waals surface area contributed by atoms with Crippen LogP contribution in [0.5, 0.6) is 0 Å². The lowest BCUT2D eigenvalue weighted by atomic mass is 9.95. The maximum absolute atomic E-state index is 13.5. The van der Waals surface area contributed by atoms with Gasteiger partial charge in [0, 0.05) is 11.8 Å². The third-order valence-electron chi connectivity index (χ3n) is 6.22. The molecule has 4 aromatic rings. The Balaban J connectivity index is 1.55. The summed E-state index contributed by atoms with van der Waals surface area (Å²) in [6.07, 6.45) is 7.40. The van der Waals surface area contributed by atoms with E-state index >= 15 is 0 Å². The fourth-order valence-electron chi connectivity index (χ4n) is 4.64. The summed E-state index contributed by atoms with van der Waals surface area (Å²) in [6.45, 7) is 0.342. The lowest BCUT2D eigenvalue weighted by molar-refractivity contribution is 0.0950. The van der Waals surface area contributed by atoms with Gasteiger partial charge in [-0.1, -0.05) is 43.5 Å². The maximum Gasteiger partial charge on any atom is 0.279 e. The predicted octanol–water partition coefficient (Wildman–Crippen LogP) is 4.62. The molecule has 2 aromatic carbocycles. The van der Waals surface area contributed by atoms with Crippen LogP contribution in [0.1, 0.15) is 54.2 Å². The van der Waals surface area contributed by atoms with Crippen LogP contribution in [0.15, 0.2) is 77.7 Å². The summed E-state index contributed by atoms with van der Waals surface area (Å²) in [5, 5.41) is 3.47. The predicted molar refractivity (Wildman–Crippen MR) is 125 cm³/mol. The Morgan fingerprint density at radius 1 is 0.969 bits per heavy atom. The molecular formula is C26H26N4O2. The number of amides is 1. The van der Waals surface area contributed by atoms with Crippen molar-refractivity contribution in [3.8, 4) is 5.69 Å². The van der Waals surface area contributed by atoms with Gasteiger partial charge in [-0.05, 0) is 55.3 Å². The molecule has 0 unspecified atom stereocenters. The zero-order valence-electron chi connectivity index (χ0n) is 17.9. The average molecular weight is 427 g/mol. The molecule has 2 heterocycles. The third-order valence-corrected chi connectivity index (χ3v) is 6.22. The van der Waals surface area contributed by atoms with E-state index in [0.717, 1.165) is 29.7 Å². The fourth-order valence-corrected chi connectivity index (χ4v) is 4.64. The number of benzene rings is 2. The molecule has 1 aliphatic rings. The number of hydrogen-bond donors (Lipinski definition) is 1. The third kappa shape index (κ3) is 3.84. The first-order valence-corrected chi connectivity index (χ1v) is 11.2. The van der Waals surface area contributed by atoms with E-state index < -0.39 is 0 Å². The number of carbonyl (C=O) groups excluding carboxylic acids is 1. The number of aromatic nitrogens is 3. The van der Waals surface area contributed by atoms with Gasteiger partial charge in [-0.3, -0.25) is 19.3 Å². The lowest BCUT2D eigenvalue weighted by Gasteiger charge is -2.26. The maximum atomic E-state index is 13.5. The molecule has 1 fully saturated rings. The fraction of sp³-hybridized carbons (Fsp3) is 0.269. The van der Waals surface area contributed by atoms with E-state index in [1.54, 1.807) is 16.9 Å². The highest BCUT2D eigenvalue weighted by Gasteiger charge is 2.24.